The molecule has 0 radical (unpaired) electrons. The lowest BCUT2D eigenvalue weighted by atomic mass is 10.0. The highest BCUT2D eigenvalue weighted by Gasteiger charge is 2.20. The summed E-state index contributed by atoms with van der Waals surface area (Å²) in [5.74, 6) is -0.167. The zero-order valence-corrected chi connectivity index (χ0v) is 14.3. The van der Waals surface area contributed by atoms with Crippen LogP contribution in [0.3, 0.4) is 0 Å². The molecule has 1 atom stereocenters. The van der Waals surface area contributed by atoms with E-state index in [1.807, 2.05) is 0 Å². The molecule has 2 rings (SSSR count). The summed E-state index contributed by atoms with van der Waals surface area (Å²) in [6.07, 6.45) is 7.34. The number of hydrogen-bond donors (Lipinski definition) is 3. The molecule has 2 heterocycles. The summed E-state index contributed by atoms with van der Waals surface area (Å²) in [6, 6.07) is 1.90. The Morgan fingerprint density at radius 3 is 2.92 bits per heavy atom. The minimum atomic E-state index is -0.250. The summed E-state index contributed by atoms with van der Waals surface area (Å²) < 4.78 is 0. The fourth-order valence-corrected chi connectivity index (χ4v) is 2.90. The molecule has 7 nitrogen and oxygen atoms in total. The smallest absolute Gasteiger partial charge is 0.290 e. The van der Waals surface area contributed by atoms with E-state index in [0.717, 1.165) is 25.9 Å². The number of likely N-dealkylation sites (tertiary alicyclic amines) is 1. The first-order valence-electron chi connectivity index (χ1n) is 7.94. The molecule has 3 N–H and O–H groups in total. The zero-order chi connectivity index (χ0) is 17.8. The van der Waals surface area contributed by atoms with Crippen LogP contribution in [0.25, 0.3) is 0 Å². The van der Waals surface area contributed by atoms with Gasteiger partial charge in [0.2, 0.25) is 0 Å². The number of carbonyl (C=O) groups is 2. The quantitative estimate of drug-likeness (QED) is 0.525. The molecule has 0 aliphatic carbocycles. The standard InChI is InChI=1S/C15H22ClN3O2.CH2O2/c16-14-10-17-7-5-13(14)15(21)18-6-3-9-19-8-2-1-4-12(19)11-20;2-1-3/h5,7,10,12,20H,1-4,6,8-9,11H2,(H,18,21);1H,(H,2,3). The lowest BCUT2D eigenvalue weighted by Crippen LogP contribution is -2.43. The van der Waals surface area contributed by atoms with Gasteiger partial charge in [0.05, 0.1) is 17.2 Å². The van der Waals surface area contributed by atoms with Gasteiger partial charge in [0, 0.05) is 31.5 Å². The maximum absolute atomic E-state index is 12.0. The molecule has 1 aliphatic rings. The predicted octanol–water partition coefficient (Wildman–Crippen LogP) is 1.40. The molecule has 1 unspecified atom stereocenters. The largest absolute Gasteiger partial charge is 0.483 e. The van der Waals surface area contributed by atoms with Crippen LogP contribution in [-0.2, 0) is 4.79 Å². The highest BCUT2D eigenvalue weighted by atomic mass is 35.5. The van der Waals surface area contributed by atoms with Gasteiger partial charge in [-0.25, -0.2) is 0 Å². The normalized spacial score (nSPS) is 17.5. The van der Waals surface area contributed by atoms with E-state index in [9.17, 15) is 9.90 Å². The second kappa shape index (κ2) is 11.8. The van der Waals surface area contributed by atoms with Crippen LogP contribution in [0.1, 0.15) is 36.0 Å². The monoisotopic (exact) mass is 357 g/mol. The van der Waals surface area contributed by atoms with Gasteiger partial charge in [0.25, 0.3) is 12.4 Å². The van der Waals surface area contributed by atoms with Crippen LogP contribution in [-0.4, -0.2) is 64.8 Å². The van der Waals surface area contributed by atoms with Crippen LogP contribution in [0.2, 0.25) is 5.02 Å². The summed E-state index contributed by atoms with van der Waals surface area (Å²) >= 11 is 5.93. The van der Waals surface area contributed by atoms with Crippen molar-refractivity contribution in [2.24, 2.45) is 0 Å². The van der Waals surface area contributed by atoms with Crippen molar-refractivity contribution in [3.63, 3.8) is 0 Å². The molecule has 1 fully saturated rings. The number of carbonyl (C=O) groups excluding carboxylic acids is 1. The highest BCUT2D eigenvalue weighted by molar-refractivity contribution is 6.33. The van der Waals surface area contributed by atoms with Gasteiger partial charge in [-0.3, -0.25) is 19.5 Å². The van der Waals surface area contributed by atoms with E-state index in [2.05, 4.69) is 15.2 Å². The van der Waals surface area contributed by atoms with E-state index in [-0.39, 0.29) is 25.0 Å². The van der Waals surface area contributed by atoms with Gasteiger partial charge < -0.3 is 15.5 Å². The molecular weight excluding hydrogens is 334 g/mol. The fraction of sp³-hybridized carbons (Fsp3) is 0.562. The van der Waals surface area contributed by atoms with Crippen LogP contribution in [0.5, 0.6) is 0 Å². The second-order valence-electron chi connectivity index (χ2n) is 5.44. The second-order valence-corrected chi connectivity index (χ2v) is 5.85. The Morgan fingerprint density at radius 1 is 1.50 bits per heavy atom. The summed E-state index contributed by atoms with van der Waals surface area (Å²) in [4.78, 5) is 26.5. The zero-order valence-electron chi connectivity index (χ0n) is 13.5. The average molecular weight is 358 g/mol. The molecule has 24 heavy (non-hydrogen) atoms. The van der Waals surface area contributed by atoms with Crippen LogP contribution in [0.15, 0.2) is 18.5 Å². The number of rotatable bonds is 6. The van der Waals surface area contributed by atoms with Gasteiger partial charge in [-0.1, -0.05) is 18.0 Å². The van der Waals surface area contributed by atoms with Crippen LogP contribution >= 0.6 is 11.6 Å². The minimum Gasteiger partial charge on any atom is -0.483 e. The molecule has 1 aromatic heterocycles. The number of halogens is 1. The molecule has 1 aromatic rings. The summed E-state index contributed by atoms with van der Waals surface area (Å²) in [7, 11) is 0. The fourth-order valence-electron chi connectivity index (χ4n) is 2.70. The lowest BCUT2D eigenvalue weighted by molar-refractivity contribution is -0.122. The molecule has 0 bridgehead atoms. The minimum absolute atomic E-state index is 0.167. The van der Waals surface area contributed by atoms with Crippen molar-refractivity contribution in [3.8, 4) is 0 Å². The van der Waals surface area contributed by atoms with Crippen molar-refractivity contribution < 1.29 is 19.8 Å². The van der Waals surface area contributed by atoms with Crippen molar-refractivity contribution in [2.75, 3.05) is 26.2 Å². The van der Waals surface area contributed by atoms with E-state index in [0.29, 0.717) is 17.1 Å². The Balaban J connectivity index is 0.000000891. The van der Waals surface area contributed by atoms with Gasteiger partial charge in [0.15, 0.2) is 0 Å². The van der Waals surface area contributed by atoms with Gasteiger partial charge in [-0.15, -0.1) is 0 Å². The Morgan fingerprint density at radius 2 is 2.25 bits per heavy atom. The molecule has 1 saturated heterocycles. The van der Waals surface area contributed by atoms with Crippen molar-refractivity contribution in [3.05, 3.63) is 29.0 Å². The third kappa shape index (κ3) is 6.82. The number of aromatic nitrogens is 1. The van der Waals surface area contributed by atoms with Gasteiger partial charge >= 0.3 is 0 Å². The maximum atomic E-state index is 12.0. The van der Waals surface area contributed by atoms with E-state index >= 15 is 0 Å². The molecule has 8 heteroatoms. The third-order valence-corrected chi connectivity index (χ3v) is 4.19. The first-order chi connectivity index (χ1) is 11.6. The Kier molecular flexibility index (Phi) is 9.98. The van der Waals surface area contributed by atoms with Crippen LogP contribution in [0, 0.1) is 0 Å². The maximum Gasteiger partial charge on any atom is 0.290 e. The Hall–Kier alpha value is -1.70. The summed E-state index contributed by atoms with van der Waals surface area (Å²) in [6.45, 7) is 2.51. The van der Waals surface area contributed by atoms with E-state index in [1.54, 1.807) is 12.3 Å². The average Bonchev–Trinajstić information content (AvgIpc) is 2.60. The van der Waals surface area contributed by atoms with E-state index < -0.39 is 0 Å². The summed E-state index contributed by atoms with van der Waals surface area (Å²) in [5, 5.41) is 19.5. The van der Waals surface area contributed by atoms with E-state index in [4.69, 9.17) is 21.5 Å². The third-order valence-electron chi connectivity index (χ3n) is 3.88. The molecule has 0 spiro atoms. The molecule has 0 saturated carbocycles. The number of amides is 1. The van der Waals surface area contributed by atoms with Crippen molar-refractivity contribution in [2.45, 2.75) is 31.7 Å². The SMILES string of the molecule is O=C(NCCCN1CCCCC1CO)c1ccncc1Cl.O=CO. The molecule has 1 aliphatic heterocycles. The molecule has 0 aromatic carbocycles. The number of carboxylic acid groups (broad SMARTS) is 1. The number of pyridine rings is 1. The van der Waals surface area contributed by atoms with Crippen LogP contribution in [0.4, 0.5) is 0 Å². The molecule has 134 valence electrons. The number of nitrogens with zero attached hydrogens (tertiary/aromatic N) is 2. The number of aliphatic hydroxyl groups is 1. The number of hydrogen-bond acceptors (Lipinski definition) is 5. The molecule has 1 amide bonds. The van der Waals surface area contributed by atoms with Crippen LogP contribution < -0.4 is 5.32 Å². The van der Waals surface area contributed by atoms with Crippen molar-refractivity contribution >= 4 is 24.0 Å². The summed E-state index contributed by atoms with van der Waals surface area (Å²) in [5.41, 5.74) is 0.456. The first-order valence-corrected chi connectivity index (χ1v) is 8.32. The van der Waals surface area contributed by atoms with Gasteiger partial charge in [0.1, 0.15) is 0 Å². The highest BCUT2D eigenvalue weighted by Crippen LogP contribution is 2.16. The Labute approximate surface area is 146 Å². The van der Waals surface area contributed by atoms with Crippen molar-refractivity contribution in [1.82, 2.24) is 15.2 Å². The predicted molar refractivity (Wildman–Crippen MR) is 91.2 cm³/mol. The van der Waals surface area contributed by atoms with Gasteiger partial charge in [-0.05, 0) is 31.9 Å². The number of nitrogens with one attached hydrogen (secondary N) is 1. The number of aliphatic hydroxyl groups excluding tert-OH is 1. The van der Waals surface area contributed by atoms with Gasteiger partial charge in [-0.2, -0.15) is 0 Å². The topological polar surface area (TPSA) is 103 Å². The van der Waals surface area contributed by atoms with E-state index in [1.165, 1.54) is 19.0 Å². The first kappa shape index (κ1) is 20.3. The molecular formula is C16H24ClN3O4. The van der Waals surface area contributed by atoms with Crippen molar-refractivity contribution in [1.29, 1.82) is 0 Å². The lowest BCUT2D eigenvalue weighted by Gasteiger charge is -2.34. The number of piperidine rings is 1. The Bertz CT molecular complexity index is 516.